The average molecular weight is 215 g/mol. The molecule has 1 atom stereocenters. The van der Waals surface area contributed by atoms with E-state index in [9.17, 15) is 0 Å². The van der Waals surface area contributed by atoms with Gasteiger partial charge in [0.25, 0.3) is 5.22 Å². The first kappa shape index (κ1) is 11.5. The zero-order chi connectivity index (χ0) is 10.6. The topological polar surface area (TPSA) is 51.0 Å². The van der Waals surface area contributed by atoms with Crippen LogP contribution < -0.4 is 5.32 Å². The number of hydrogen-bond donors (Lipinski definition) is 1. The molecule has 0 aliphatic heterocycles. The maximum Gasteiger partial charge on any atom is 0.276 e. The molecule has 0 aromatic carbocycles. The molecule has 1 N–H and O–H groups in total. The van der Waals surface area contributed by atoms with Gasteiger partial charge in [0.2, 0.25) is 5.89 Å². The second-order valence-electron chi connectivity index (χ2n) is 3.58. The van der Waals surface area contributed by atoms with Crippen LogP contribution in [-0.2, 0) is 0 Å². The highest BCUT2D eigenvalue weighted by atomic mass is 32.2. The summed E-state index contributed by atoms with van der Waals surface area (Å²) in [4.78, 5) is 0. The fourth-order valence-electron chi connectivity index (χ4n) is 0.941. The Morgan fingerprint density at radius 3 is 2.57 bits per heavy atom. The zero-order valence-electron chi connectivity index (χ0n) is 9.07. The maximum absolute atomic E-state index is 5.27. The van der Waals surface area contributed by atoms with E-state index in [4.69, 9.17) is 4.42 Å². The van der Waals surface area contributed by atoms with Gasteiger partial charge < -0.3 is 9.73 Å². The largest absolute Gasteiger partial charge is 0.416 e. The minimum absolute atomic E-state index is 0.442. The van der Waals surface area contributed by atoms with Gasteiger partial charge >= 0.3 is 0 Å². The average Bonchev–Trinajstić information content (AvgIpc) is 2.48. The molecule has 80 valence electrons. The third-order valence-corrected chi connectivity index (χ3v) is 2.56. The highest BCUT2D eigenvalue weighted by Gasteiger charge is 2.09. The van der Waals surface area contributed by atoms with Crippen LogP contribution in [0.5, 0.6) is 0 Å². The van der Waals surface area contributed by atoms with Crippen LogP contribution in [0.4, 0.5) is 0 Å². The third-order valence-electron chi connectivity index (χ3n) is 1.62. The van der Waals surface area contributed by atoms with Gasteiger partial charge in [-0.3, -0.25) is 0 Å². The van der Waals surface area contributed by atoms with E-state index in [0.29, 0.717) is 22.4 Å². The molecule has 0 saturated heterocycles. The number of rotatable bonds is 5. The van der Waals surface area contributed by atoms with E-state index in [0.717, 1.165) is 6.54 Å². The summed E-state index contributed by atoms with van der Waals surface area (Å²) < 4.78 is 5.27. The summed E-state index contributed by atoms with van der Waals surface area (Å²) in [6, 6.07) is 0.516. The second-order valence-corrected chi connectivity index (χ2v) is 4.97. The van der Waals surface area contributed by atoms with Crippen molar-refractivity contribution in [2.24, 2.45) is 0 Å². The Balaban J connectivity index is 2.30. The lowest BCUT2D eigenvalue weighted by Crippen LogP contribution is -2.28. The predicted molar refractivity (Wildman–Crippen MR) is 57.5 cm³/mol. The molecule has 0 bridgehead atoms. The van der Waals surface area contributed by atoms with Gasteiger partial charge in [0.05, 0.1) is 0 Å². The summed E-state index contributed by atoms with van der Waals surface area (Å²) in [5, 5.41) is 12.2. The Kier molecular flexibility index (Phi) is 4.41. The van der Waals surface area contributed by atoms with Crippen molar-refractivity contribution in [3.05, 3.63) is 5.89 Å². The maximum atomic E-state index is 5.27. The molecule has 1 heterocycles. The quantitative estimate of drug-likeness (QED) is 0.760. The number of thioether (sulfide) groups is 1. The molecule has 0 fully saturated rings. The van der Waals surface area contributed by atoms with E-state index in [1.807, 2.05) is 0 Å². The van der Waals surface area contributed by atoms with E-state index < -0.39 is 0 Å². The summed E-state index contributed by atoms with van der Waals surface area (Å²) in [5.41, 5.74) is 0. The molecule has 1 unspecified atom stereocenters. The minimum atomic E-state index is 0.442. The van der Waals surface area contributed by atoms with Crippen molar-refractivity contribution in [1.29, 1.82) is 0 Å². The monoisotopic (exact) mass is 215 g/mol. The predicted octanol–water partition coefficient (Wildman–Crippen LogP) is 1.86. The first-order valence-corrected chi connectivity index (χ1v) is 5.66. The summed E-state index contributed by atoms with van der Waals surface area (Å²) in [6.07, 6.45) is 0. The van der Waals surface area contributed by atoms with E-state index >= 15 is 0 Å². The van der Waals surface area contributed by atoms with Crippen molar-refractivity contribution in [1.82, 2.24) is 15.5 Å². The Morgan fingerprint density at radius 2 is 2.07 bits per heavy atom. The van der Waals surface area contributed by atoms with Crippen LogP contribution in [0.1, 0.15) is 26.7 Å². The van der Waals surface area contributed by atoms with Crippen molar-refractivity contribution in [2.45, 2.75) is 44.2 Å². The van der Waals surface area contributed by atoms with Gasteiger partial charge in [0.1, 0.15) is 0 Å². The normalized spacial score (nSPS) is 13.5. The van der Waals surface area contributed by atoms with Gasteiger partial charge in [-0.1, -0.05) is 32.5 Å². The fraction of sp³-hybridized carbons (Fsp3) is 0.778. The Morgan fingerprint density at radius 1 is 1.36 bits per heavy atom. The van der Waals surface area contributed by atoms with E-state index in [-0.39, 0.29) is 0 Å². The number of hydrogen-bond acceptors (Lipinski definition) is 5. The third kappa shape index (κ3) is 4.11. The van der Waals surface area contributed by atoms with Gasteiger partial charge in [-0.15, -0.1) is 10.2 Å². The van der Waals surface area contributed by atoms with Gasteiger partial charge in [0, 0.05) is 24.8 Å². The summed E-state index contributed by atoms with van der Waals surface area (Å²) in [6.45, 7) is 9.15. The smallest absolute Gasteiger partial charge is 0.276 e. The first-order chi connectivity index (χ1) is 6.58. The molecule has 5 heteroatoms. The molecule has 0 aliphatic rings. The second kappa shape index (κ2) is 5.36. The summed E-state index contributed by atoms with van der Waals surface area (Å²) in [7, 11) is 0. The van der Waals surface area contributed by atoms with Gasteiger partial charge in [-0.25, -0.2) is 0 Å². The summed E-state index contributed by atoms with van der Waals surface area (Å²) >= 11 is 1.60. The van der Waals surface area contributed by atoms with Gasteiger partial charge in [-0.05, 0) is 0 Å². The molecule has 4 nitrogen and oxygen atoms in total. The Labute approximate surface area is 88.9 Å². The van der Waals surface area contributed by atoms with Crippen LogP contribution in [-0.4, -0.2) is 28.0 Å². The molecule has 14 heavy (non-hydrogen) atoms. The Hall–Kier alpha value is -0.550. The van der Waals surface area contributed by atoms with Crippen LogP contribution in [0.15, 0.2) is 9.64 Å². The summed E-state index contributed by atoms with van der Waals surface area (Å²) in [5.74, 6) is 0.622. The Bertz CT molecular complexity index is 275. The van der Waals surface area contributed by atoms with Crippen molar-refractivity contribution in [3.8, 4) is 0 Å². The number of aryl methyl sites for hydroxylation is 1. The van der Waals surface area contributed by atoms with E-state index in [1.54, 1.807) is 18.7 Å². The highest BCUT2D eigenvalue weighted by Crippen LogP contribution is 2.20. The molecule has 0 radical (unpaired) electrons. The SMILES string of the molecule is Cc1nnc(SC(C)CNC(C)C)o1. The number of aromatic nitrogens is 2. The highest BCUT2D eigenvalue weighted by molar-refractivity contribution is 7.99. The van der Waals surface area contributed by atoms with Crippen LogP contribution in [0.25, 0.3) is 0 Å². The zero-order valence-corrected chi connectivity index (χ0v) is 9.89. The lowest BCUT2D eigenvalue weighted by molar-refractivity contribution is 0.428. The van der Waals surface area contributed by atoms with Crippen molar-refractivity contribution in [2.75, 3.05) is 6.54 Å². The lowest BCUT2D eigenvalue weighted by atomic mass is 10.3. The molecule has 0 saturated carbocycles. The van der Waals surface area contributed by atoms with Crippen LogP contribution in [0, 0.1) is 6.92 Å². The van der Waals surface area contributed by atoms with Crippen LogP contribution >= 0.6 is 11.8 Å². The van der Waals surface area contributed by atoms with Gasteiger partial charge in [0.15, 0.2) is 0 Å². The van der Waals surface area contributed by atoms with Crippen molar-refractivity contribution >= 4 is 11.8 Å². The number of nitrogens with one attached hydrogen (secondary N) is 1. The van der Waals surface area contributed by atoms with Crippen molar-refractivity contribution in [3.63, 3.8) is 0 Å². The van der Waals surface area contributed by atoms with Gasteiger partial charge in [-0.2, -0.15) is 0 Å². The molecular formula is C9H17N3OS. The number of nitrogens with zero attached hydrogens (tertiary/aromatic N) is 2. The van der Waals surface area contributed by atoms with Crippen LogP contribution in [0.3, 0.4) is 0 Å². The van der Waals surface area contributed by atoms with E-state index in [1.165, 1.54) is 0 Å². The van der Waals surface area contributed by atoms with Crippen LogP contribution in [0.2, 0.25) is 0 Å². The molecule has 0 amide bonds. The molecule has 1 aromatic rings. The molecule has 1 aromatic heterocycles. The first-order valence-electron chi connectivity index (χ1n) is 4.78. The van der Waals surface area contributed by atoms with Crippen molar-refractivity contribution < 1.29 is 4.42 Å². The molecule has 0 spiro atoms. The lowest BCUT2D eigenvalue weighted by Gasteiger charge is -2.12. The minimum Gasteiger partial charge on any atom is -0.416 e. The standard InChI is InChI=1S/C9H17N3OS/c1-6(2)10-5-7(3)14-9-12-11-8(4)13-9/h6-7,10H,5H2,1-4H3. The van der Waals surface area contributed by atoms with E-state index in [2.05, 4.69) is 36.3 Å². The molecule has 1 rings (SSSR count). The fourth-order valence-corrected chi connectivity index (χ4v) is 1.72. The molecular weight excluding hydrogens is 198 g/mol. The molecule has 0 aliphatic carbocycles.